The average Bonchev–Trinajstić information content (AvgIpc) is 2.68. The Bertz CT molecular complexity index is 466. The Morgan fingerprint density at radius 2 is 1.82 bits per heavy atom. The predicted molar refractivity (Wildman–Crippen MR) is 85.8 cm³/mol. The van der Waals surface area contributed by atoms with Gasteiger partial charge in [0.05, 0.1) is 0 Å². The van der Waals surface area contributed by atoms with Crippen molar-refractivity contribution in [2.24, 2.45) is 40.2 Å². The molecular formula is C19H32FNO. The lowest BCUT2D eigenvalue weighted by atomic mass is 9.44. The molecule has 0 saturated heterocycles. The Labute approximate surface area is 134 Å². The van der Waals surface area contributed by atoms with Gasteiger partial charge in [-0.3, -0.25) is 0 Å². The number of rotatable bonds is 0. The number of fused-ring (bicyclic) bond motifs is 5. The number of alkyl halides is 1. The molecular weight excluding hydrogens is 277 g/mol. The van der Waals surface area contributed by atoms with Crippen LogP contribution in [0.4, 0.5) is 4.39 Å². The van der Waals surface area contributed by atoms with Crippen LogP contribution in [0.25, 0.3) is 0 Å². The third-order valence-corrected chi connectivity index (χ3v) is 8.64. The number of halogens is 1. The van der Waals surface area contributed by atoms with Gasteiger partial charge in [0.2, 0.25) is 5.85 Å². The van der Waals surface area contributed by atoms with Gasteiger partial charge >= 0.3 is 0 Å². The van der Waals surface area contributed by atoms with E-state index in [2.05, 4.69) is 6.92 Å². The van der Waals surface area contributed by atoms with Crippen molar-refractivity contribution in [1.82, 2.24) is 0 Å². The van der Waals surface area contributed by atoms with E-state index in [1.165, 1.54) is 38.5 Å². The van der Waals surface area contributed by atoms with Crippen LogP contribution in [0, 0.1) is 34.5 Å². The Balaban J connectivity index is 1.71. The second kappa shape index (κ2) is 4.69. The summed E-state index contributed by atoms with van der Waals surface area (Å²) < 4.78 is 14.8. The Hall–Kier alpha value is -0.150. The SMILES string of the molecule is C[C@]12CCCCC1CC[C@@H]1[C@H]2C(N)C[C@@]2(C)[C@H]1CCC2(O)F. The summed E-state index contributed by atoms with van der Waals surface area (Å²) in [5, 5.41) is 10.3. The molecule has 0 aromatic rings. The van der Waals surface area contributed by atoms with Crippen LogP contribution in [-0.4, -0.2) is 17.0 Å². The van der Waals surface area contributed by atoms with Gasteiger partial charge in [-0.05, 0) is 67.6 Å². The van der Waals surface area contributed by atoms with E-state index in [4.69, 9.17) is 5.73 Å². The van der Waals surface area contributed by atoms with E-state index in [1.54, 1.807) is 0 Å². The van der Waals surface area contributed by atoms with Gasteiger partial charge < -0.3 is 10.8 Å². The monoisotopic (exact) mass is 309 g/mol. The molecule has 0 bridgehead atoms. The van der Waals surface area contributed by atoms with Crippen molar-refractivity contribution in [3.8, 4) is 0 Å². The maximum atomic E-state index is 14.8. The molecule has 0 spiro atoms. The maximum Gasteiger partial charge on any atom is 0.212 e. The minimum atomic E-state index is -2.01. The van der Waals surface area contributed by atoms with Crippen molar-refractivity contribution in [3.63, 3.8) is 0 Å². The van der Waals surface area contributed by atoms with E-state index in [9.17, 15) is 9.50 Å². The molecule has 3 heteroatoms. The molecule has 0 aromatic heterocycles. The average molecular weight is 309 g/mol. The Morgan fingerprint density at radius 3 is 2.59 bits per heavy atom. The van der Waals surface area contributed by atoms with E-state index >= 15 is 0 Å². The molecule has 4 saturated carbocycles. The lowest BCUT2D eigenvalue weighted by Crippen LogP contribution is -2.62. The molecule has 2 nitrogen and oxygen atoms in total. The molecule has 126 valence electrons. The standard InChI is InChI=1S/C19H32FNO/c1-17-9-4-3-5-12(17)6-7-13-14-8-10-19(20,22)18(14,2)11-15(21)16(13)17/h12-16,22H,3-11,21H2,1-2H3/t12?,13-,14-,15?,16-,17-,18-,19?/m0/s1. The fourth-order valence-electron chi connectivity index (χ4n) is 7.51. The lowest BCUT2D eigenvalue weighted by Gasteiger charge is -2.62. The van der Waals surface area contributed by atoms with E-state index in [1.807, 2.05) is 6.92 Å². The largest absolute Gasteiger partial charge is 0.361 e. The Kier molecular flexibility index (Phi) is 3.28. The second-order valence-corrected chi connectivity index (χ2v) is 9.41. The molecule has 4 aliphatic rings. The molecule has 4 fully saturated rings. The van der Waals surface area contributed by atoms with Gasteiger partial charge in [-0.15, -0.1) is 0 Å². The topological polar surface area (TPSA) is 46.2 Å². The highest BCUT2D eigenvalue weighted by molar-refractivity contribution is 5.14. The van der Waals surface area contributed by atoms with Crippen LogP contribution in [0.1, 0.15) is 71.6 Å². The fraction of sp³-hybridized carbons (Fsp3) is 1.00. The van der Waals surface area contributed by atoms with Crippen LogP contribution in [0.2, 0.25) is 0 Å². The minimum Gasteiger partial charge on any atom is -0.361 e. The molecule has 22 heavy (non-hydrogen) atoms. The summed E-state index contributed by atoms with van der Waals surface area (Å²) >= 11 is 0. The molecule has 0 heterocycles. The van der Waals surface area contributed by atoms with Crippen molar-refractivity contribution in [1.29, 1.82) is 0 Å². The molecule has 0 aliphatic heterocycles. The van der Waals surface area contributed by atoms with Gasteiger partial charge in [0.25, 0.3) is 0 Å². The Morgan fingerprint density at radius 1 is 1.05 bits per heavy atom. The molecule has 4 aliphatic carbocycles. The van der Waals surface area contributed by atoms with Crippen molar-refractivity contribution in [2.45, 2.75) is 83.5 Å². The highest BCUT2D eigenvalue weighted by Gasteiger charge is 2.66. The van der Waals surface area contributed by atoms with E-state index in [0.717, 1.165) is 12.3 Å². The first kappa shape index (κ1) is 15.4. The van der Waals surface area contributed by atoms with Crippen molar-refractivity contribution < 1.29 is 9.50 Å². The summed E-state index contributed by atoms with van der Waals surface area (Å²) in [6.07, 6.45) is 9.68. The van der Waals surface area contributed by atoms with Crippen LogP contribution in [-0.2, 0) is 0 Å². The van der Waals surface area contributed by atoms with Gasteiger partial charge in [0, 0.05) is 17.9 Å². The van der Waals surface area contributed by atoms with Gasteiger partial charge in [-0.2, -0.15) is 0 Å². The van der Waals surface area contributed by atoms with Crippen LogP contribution < -0.4 is 5.73 Å². The molecule has 8 atom stereocenters. The summed E-state index contributed by atoms with van der Waals surface area (Å²) in [7, 11) is 0. The maximum absolute atomic E-state index is 14.8. The first-order valence-electron chi connectivity index (χ1n) is 9.46. The number of hydrogen-bond acceptors (Lipinski definition) is 2. The zero-order valence-corrected chi connectivity index (χ0v) is 14.2. The smallest absolute Gasteiger partial charge is 0.212 e. The molecule has 0 radical (unpaired) electrons. The quantitative estimate of drug-likeness (QED) is 0.710. The summed E-state index contributed by atoms with van der Waals surface area (Å²) in [5.41, 5.74) is 6.41. The van der Waals surface area contributed by atoms with Crippen LogP contribution in [0.5, 0.6) is 0 Å². The summed E-state index contributed by atoms with van der Waals surface area (Å²) in [6.45, 7) is 4.45. The van der Waals surface area contributed by atoms with E-state index < -0.39 is 11.3 Å². The predicted octanol–water partition coefficient (Wildman–Crippen LogP) is 4.01. The number of hydrogen-bond donors (Lipinski definition) is 2. The normalized spacial score (nSPS) is 61.2. The van der Waals surface area contributed by atoms with Crippen molar-refractivity contribution in [3.05, 3.63) is 0 Å². The first-order valence-corrected chi connectivity index (χ1v) is 9.46. The van der Waals surface area contributed by atoms with Crippen LogP contribution in [0.15, 0.2) is 0 Å². The highest BCUT2D eigenvalue weighted by Crippen LogP contribution is 2.68. The molecule has 3 unspecified atom stereocenters. The third-order valence-electron chi connectivity index (χ3n) is 8.64. The minimum absolute atomic E-state index is 0.0533. The zero-order chi connectivity index (χ0) is 15.8. The zero-order valence-electron chi connectivity index (χ0n) is 14.2. The highest BCUT2D eigenvalue weighted by atomic mass is 19.2. The summed E-state index contributed by atoms with van der Waals surface area (Å²) in [6, 6.07) is 0.0533. The van der Waals surface area contributed by atoms with Crippen LogP contribution >= 0.6 is 0 Å². The summed E-state index contributed by atoms with van der Waals surface area (Å²) in [4.78, 5) is 0. The van der Waals surface area contributed by atoms with Crippen molar-refractivity contribution in [2.75, 3.05) is 0 Å². The second-order valence-electron chi connectivity index (χ2n) is 9.41. The van der Waals surface area contributed by atoms with Crippen molar-refractivity contribution >= 4 is 0 Å². The van der Waals surface area contributed by atoms with Gasteiger partial charge in [-0.1, -0.05) is 26.7 Å². The summed E-state index contributed by atoms with van der Waals surface area (Å²) in [5.74, 6) is 0.205. The number of aliphatic hydroxyl groups is 1. The van der Waals surface area contributed by atoms with Gasteiger partial charge in [0.15, 0.2) is 0 Å². The first-order chi connectivity index (χ1) is 10.3. The van der Waals surface area contributed by atoms with Gasteiger partial charge in [0.1, 0.15) is 0 Å². The number of nitrogens with two attached hydrogens (primary N) is 1. The third kappa shape index (κ3) is 1.79. The van der Waals surface area contributed by atoms with E-state index in [-0.39, 0.29) is 6.04 Å². The molecule has 3 N–H and O–H groups in total. The molecule has 4 rings (SSSR count). The molecule has 0 amide bonds. The fourth-order valence-corrected chi connectivity index (χ4v) is 7.51. The van der Waals surface area contributed by atoms with E-state index in [0.29, 0.717) is 36.0 Å². The molecule has 0 aromatic carbocycles. The van der Waals surface area contributed by atoms with Gasteiger partial charge in [-0.25, -0.2) is 4.39 Å². The lowest BCUT2D eigenvalue weighted by molar-refractivity contribution is -0.211. The van der Waals surface area contributed by atoms with Crippen LogP contribution in [0.3, 0.4) is 0 Å².